The van der Waals surface area contributed by atoms with Gasteiger partial charge >= 0.3 is 5.97 Å². The molecule has 0 heterocycles. The molecule has 336 valence electrons. The van der Waals surface area contributed by atoms with Crippen LogP contribution in [0.5, 0.6) is 0 Å². The standard InChI is InChI=1S/C51H97NO5/c1-4-7-10-13-16-19-22-23-24-25-26-27-29-30-33-36-39-42-47(57-51(56)44-41-38-35-32-28-20-17-14-11-8-5-2)45-50(55)52-48(46-53)49(54)43-40-37-34-31-21-18-15-12-9-6-3/h16,19,23-24,47-49,53-54H,4-15,17-18,20-22,25-46H2,1-3H3,(H,52,55)/b19-16-,24-23-. The van der Waals surface area contributed by atoms with Gasteiger partial charge in [-0.3, -0.25) is 9.59 Å². The summed E-state index contributed by atoms with van der Waals surface area (Å²) in [6.45, 7) is 6.45. The zero-order chi connectivity index (χ0) is 41.7. The molecule has 0 aliphatic carbocycles. The van der Waals surface area contributed by atoms with Gasteiger partial charge in [0.25, 0.3) is 0 Å². The zero-order valence-corrected chi connectivity index (χ0v) is 38.2. The number of aliphatic hydroxyl groups excluding tert-OH is 2. The molecule has 0 rings (SSSR count). The highest BCUT2D eigenvalue weighted by molar-refractivity contribution is 5.77. The molecule has 0 aromatic carbocycles. The van der Waals surface area contributed by atoms with Gasteiger partial charge in [-0.2, -0.15) is 0 Å². The normalized spacial score (nSPS) is 13.4. The van der Waals surface area contributed by atoms with Crippen LogP contribution < -0.4 is 5.32 Å². The molecule has 0 saturated heterocycles. The summed E-state index contributed by atoms with van der Waals surface area (Å²) in [5.74, 6) is -0.471. The molecule has 6 nitrogen and oxygen atoms in total. The van der Waals surface area contributed by atoms with E-state index in [0.717, 1.165) is 70.6 Å². The molecule has 0 spiro atoms. The molecule has 0 bridgehead atoms. The van der Waals surface area contributed by atoms with E-state index in [1.165, 1.54) is 148 Å². The minimum absolute atomic E-state index is 0.0770. The summed E-state index contributed by atoms with van der Waals surface area (Å²) < 4.78 is 5.92. The number of nitrogens with one attached hydrogen (secondary N) is 1. The van der Waals surface area contributed by atoms with Gasteiger partial charge in [-0.05, 0) is 57.8 Å². The quantitative estimate of drug-likeness (QED) is 0.0324. The fourth-order valence-electron chi connectivity index (χ4n) is 7.70. The second kappa shape index (κ2) is 45.4. The van der Waals surface area contributed by atoms with E-state index in [0.29, 0.717) is 19.3 Å². The minimum Gasteiger partial charge on any atom is -0.462 e. The van der Waals surface area contributed by atoms with Crippen molar-refractivity contribution >= 4 is 11.9 Å². The van der Waals surface area contributed by atoms with Crippen LogP contribution in [0.3, 0.4) is 0 Å². The van der Waals surface area contributed by atoms with E-state index in [-0.39, 0.29) is 24.9 Å². The first-order chi connectivity index (χ1) is 28.0. The number of amides is 1. The molecule has 0 radical (unpaired) electrons. The number of ether oxygens (including phenoxy) is 1. The van der Waals surface area contributed by atoms with Gasteiger partial charge in [0.2, 0.25) is 5.91 Å². The smallest absolute Gasteiger partial charge is 0.306 e. The van der Waals surface area contributed by atoms with Crippen LogP contribution >= 0.6 is 0 Å². The first-order valence-corrected chi connectivity index (χ1v) is 25.1. The summed E-state index contributed by atoms with van der Waals surface area (Å²) in [6, 6.07) is -0.698. The zero-order valence-electron chi connectivity index (χ0n) is 38.2. The molecule has 3 atom stereocenters. The van der Waals surface area contributed by atoms with Crippen molar-refractivity contribution in [1.82, 2.24) is 5.32 Å². The Labute approximate surface area is 354 Å². The molecule has 6 heteroatoms. The number of rotatable bonds is 45. The Morgan fingerprint density at radius 1 is 0.509 bits per heavy atom. The molecular formula is C51H97NO5. The Kier molecular flexibility index (Phi) is 44.1. The summed E-state index contributed by atoms with van der Waals surface area (Å²) >= 11 is 0. The van der Waals surface area contributed by atoms with Crippen molar-refractivity contribution in [2.24, 2.45) is 0 Å². The van der Waals surface area contributed by atoms with Crippen LogP contribution in [0.2, 0.25) is 0 Å². The van der Waals surface area contributed by atoms with Gasteiger partial charge in [-0.1, -0.05) is 218 Å². The minimum atomic E-state index is -0.784. The van der Waals surface area contributed by atoms with Gasteiger partial charge in [-0.25, -0.2) is 0 Å². The number of hydrogen-bond acceptors (Lipinski definition) is 5. The maximum atomic E-state index is 13.2. The van der Waals surface area contributed by atoms with Crippen LogP contribution in [0.15, 0.2) is 24.3 Å². The van der Waals surface area contributed by atoms with Crippen LogP contribution in [-0.4, -0.2) is 46.9 Å². The molecule has 3 unspecified atom stereocenters. The van der Waals surface area contributed by atoms with E-state index in [1.54, 1.807) is 0 Å². The van der Waals surface area contributed by atoms with Gasteiger partial charge in [0.1, 0.15) is 6.10 Å². The third-order valence-corrected chi connectivity index (χ3v) is 11.5. The van der Waals surface area contributed by atoms with Crippen molar-refractivity contribution in [2.75, 3.05) is 6.61 Å². The van der Waals surface area contributed by atoms with Gasteiger partial charge in [0.15, 0.2) is 0 Å². The van der Waals surface area contributed by atoms with E-state index in [9.17, 15) is 19.8 Å². The van der Waals surface area contributed by atoms with Crippen molar-refractivity contribution in [3.05, 3.63) is 24.3 Å². The molecule has 0 saturated carbocycles. The van der Waals surface area contributed by atoms with E-state index in [2.05, 4.69) is 50.4 Å². The number of carbonyl (C=O) groups excluding carboxylic acids is 2. The molecule has 1 amide bonds. The third kappa shape index (κ3) is 40.9. The Bertz CT molecular complexity index is 904. The number of carbonyl (C=O) groups is 2. The maximum absolute atomic E-state index is 13.2. The van der Waals surface area contributed by atoms with E-state index >= 15 is 0 Å². The van der Waals surface area contributed by atoms with Crippen molar-refractivity contribution in [3.8, 4) is 0 Å². The van der Waals surface area contributed by atoms with Crippen LogP contribution in [0.25, 0.3) is 0 Å². The van der Waals surface area contributed by atoms with Crippen molar-refractivity contribution in [3.63, 3.8) is 0 Å². The average molecular weight is 804 g/mol. The first kappa shape index (κ1) is 55.3. The van der Waals surface area contributed by atoms with Gasteiger partial charge in [0.05, 0.1) is 25.2 Å². The summed E-state index contributed by atoms with van der Waals surface area (Å²) in [7, 11) is 0. The van der Waals surface area contributed by atoms with E-state index in [1.807, 2.05) is 0 Å². The number of aliphatic hydroxyl groups is 2. The fraction of sp³-hybridized carbons (Fsp3) is 0.882. The average Bonchev–Trinajstić information content (AvgIpc) is 3.20. The molecule has 0 aromatic heterocycles. The topological polar surface area (TPSA) is 95.9 Å². The SMILES string of the molecule is CCCCC/C=C\C/C=C\CCCCCCCCCC(CC(=O)NC(CO)C(O)CCCCCCCCCCCC)OC(=O)CCCCCCCCCCCCC. The Balaban J connectivity index is 4.57. The molecule has 0 fully saturated rings. The monoisotopic (exact) mass is 804 g/mol. The summed E-state index contributed by atoms with van der Waals surface area (Å²) in [6.07, 6.45) is 50.9. The largest absolute Gasteiger partial charge is 0.462 e. The molecule has 0 aromatic rings. The van der Waals surface area contributed by atoms with E-state index < -0.39 is 18.2 Å². The maximum Gasteiger partial charge on any atom is 0.306 e. The van der Waals surface area contributed by atoms with Crippen molar-refractivity contribution < 1.29 is 24.5 Å². The van der Waals surface area contributed by atoms with Gasteiger partial charge in [-0.15, -0.1) is 0 Å². The lowest BCUT2D eigenvalue weighted by molar-refractivity contribution is -0.151. The highest BCUT2D eigenvalue weighted by Gasteiger charge is 2.24. The molecule has 57 heavy (non-hydrogen) atoms. The molecular weight excluding hydrogens is 707 g/mol. The lowest BCUT2D eigenvalue weighted by Gasteiger charge is -2.24. The Morgan fingerprint density at radius 3 is 1.37 bits per heavy atom. The Hall–Kier alpha value is -1.66. The molecule has 3 N–H and O–H groups in total. The molecule has 0 aliphatic rings. The highest BCUT2D eigenvalue weighted by Crippen LogP contribution is 2.18. The van der Waals surface area contributed by atoms with Crippen LogP contribution in [0.1, 0.15) is 265 Å². The summed E-state index contributed by atoms with van der Waals surface area (Å²) in [5.41, 5.74) is 0. The van der Waals surface area contributed by atoms with Crippen molar-refractivity contribution in [2.45, 2.75) is 283 Å². The predicted octanol–water partition coefficient (Wildman–Crippen LogP) is 14.7. The molecule has 0 aliphatic heterocycles. The Morgan fingerprint density at radius 2 is 0.895 bits per heavy atom. The van der Waals surface area contributed by atoms with Crippen LogP contribution in [-0.2, 0) is 14.3 Å². The van der Waals surface area contributed by atoms with Crippen LogP contribution in [0.4, 0.5) is 0 Å². The lowest BCUT2D eigenvalue weighted by Crippen LogP contribution is -2.46. The van der Waals surface area contributed by atoms with Gasteiger partial charge < -0.3 is 20.3 Å². The second-order valence-electron chi connectivity index (χ2n) is 17.2. The third-order valence-electron chi connectivity index (χ3n) is 11.5. The van der Waals surface area contributed by atoms with Crippen LogP contribution in [0, 0.1) is 0 Å². The fourth-order valence-corrected chi connectivity index (χ4v) is 7.70. The predicted molar refractivity (Wildman–Crippen MR) is 246 cm³/mol. The van der Waals surface area contributed by atoms with E-state index in [4.69, 9.17) is 4.74 Å². The second-order valence-corrected chi connectivity index (χ2v) is 17.2. The lowest BCUT2D eigenvalue weighted by atomic mass is 10.0. The number of unbranched alkanes of at least 4 members (excludes halogenated alkanes) is 29. The van der Waals surface area contributed by atoms with Gasteiger partial charge in [0, 0.05) is 6.42 Å². The number of allylic oxidation sites excluding steroid dienone is 4. The summed E-state index contributed by atoms with van der Waals surface area (Å²) in [5, 5.41) is 23.7. The first-order valence-electron chi connectivity index (χ1n) is 25.1. The number of hydrogen-bond donors (Lipinski definition) is 3. The number of esters is 1. The summed E-state index contributed by atoms with van der Waals surface area (Å²) in [4.78, 5) is 26.1. The van der Waals surface area contributed by atoms with Crippen molar-refractivity contribution in [1.29, 1.82) is 0 Å². The highest BCUT2D eigenvalue weighted by atomic mass is 16.5.